The van der Waals surface area contributed by atoms with Gasteiger partial charge in [-0.1, -0.05) is 99.8 Å². The minimum Gasteiger partial charge on any atom is -0.481 e. The SMILES string of the molecule is C#CCOCCOCCOCCNc1nc(N2CCN(C(=O)CCCCCCCCCCNC(=O)[C@H](CO)n3cc(CCCSC)nn3)CC2)nc(N2CCN(C(=O)CCCCCCCCCCNC(=O)[C@H](CCC(=O)O)n3cc(CCCCCN)nn3)CC2)n1. The van der Waals surface area contributed by atoms with E-state index in [9.17, 15) is 34.2 Å². The van der Waals surface area contributed by atoms with Gasteiger partial charge < -0.3 is 65.7 Å². The van der Waals surface area contributed by atoms with E-state index in [1.54, 1.807) is 24.2 Å². The van der Waals surface area contributed by atoms with Gasteiger partial charge in [0, 0.05) is 104 Å². The first-order chi connectivity index (χ1) is 44.5. The van der Waals surface area contributed by atoms with Gasteiger partial charge in [0.05, 0.1) is 51.0 Å². The Morgan fingerprint density at radius 2 is 1.04 bits per heavy atom. The number of aliphatic hydroxyl groups is 1. The van der Waals surface area contributed by atoms with Crippen LogP contribution in [0.15, 0.2) is 12.4 Å². The summed E-state index contributed by atoms with van der Waals surface area (Å²) in [6, 6.07) is -1.50. The van der Waals surface area contributed by atoms with Crippen LogP contribution < -0.4 is 31.5 Å². The average Bonchev–Trinajstić information content (AvgIpc) is 3.60. The molecule has 0 radical (unpaired) electrons. The van der Waals surface area contributed by atoms with E-state index in [2.05, 4.69) is 58.6 Å². The van der Waals surface area contributed by atoms with Crippen molar-refractivity contribution in [2.24, 2.45) is 5.73 Å². The van der Waals surface area contributed by atoms with Crippen LogP contribution in [0.2, 0.25) is 0 Å². The summed E-state index contributed by atoms with van der Waals surface area (Å²) in [6.07, 6.45) is 33.2. The predicted molar refractivity (Wildman–Crippen MR) is 352 cm³/mol. The first-order valence-electron chi connectivity index (χ1n) is 33.6. The van der Waals surface area contributed by atoms with Gasteiger partial charge in [0.15, 0.2) is 6.04 Å². The molecule has 4 amide bonds. The normalized spacial score (nSPS) is 14.1. The number of rotatable bonds is 52. The van der Waals surface area contributed by atoms with Crippen molar-refractivity contribution in [2.45, 2.75) is 179 Å². The zero-order valence-corrected chi connectivity index (χ0v) is 55.2. The number of unbranched alkanes of at least 4 members (excludes halogenated alkanes) is 16. The number of terminal acetylenes is 1. The topological polar surface area (TPSA) is 329 Å². The Morgan fingerprint density at radius 1 is 0.582 bits per heavy atom. The van der Waals surface area contributed by atoms with Crippen LogP contribution in [0.25, 0.3) is 0 Å². The number of thioether (sulfide) groups is 1. The van der Waals surface area contributed by atoms with Gasteiger partial charge in [-0.25, -0.2) is 9.36 Å². The lowest BCUT2D eigenvalue weighted by molar-refractivity contribution is -0.137. The highest BCUT2D eigenvalue weighted by Crippen LogP contribution is 2.22. The average molecular weight is 1290 g/mol. The molecular formula is C63H107N17O10S. The summed E-state index contributed by atoms with van der Waals surface area (Å²) in [4.78, 5) is 86.7. The van der Waals surface area contributed by atoms with Crippen LogP contribution in [0.4, 0.5) is 17.8 Å². The number of nitrogens with two attached hydrogens (primary N) is 1. The largest absolute Gasteiger partial charge is 0.481 e. The Bertz CT molecular complexity index is 2540. The smallest absolute Gasteiger partial charge is 0.303 e. The van der Waals surface area contributed by atoms with Gasteiger partial charge >= 0.3 is 5.97 Å². The molecule has 2 fully saturated rings. The standard InChI is InChI=1S/C63H107N17O10S/c1-3-42-88-44-46-90-47-45-89-43-33-67-61-68-62(70-63(69-61)78-40-36-76(37-41-78)57(83)27-19-13-9-5-7-11-15-22-32-66-60(87)55(51-81)80-50-53(72-74-80)25-23-48-91-2)77-38-34-75(35-39-77)56(82)26-18-12-8-4-6-10-14-21-31-65-59(86)54(28-29-58(84)85)79-49-52(71-73-79)24-17-16-20-30-64/h1,49-50,54-55,81H,4-48,51,64H2,2H3,(H,65,86)(H,66,87)(H,84,85)(H,67,68,69,70)/t54-,55-/m0/s1. The molecule has 2 saturated heterocycles. The number of hydrogen-bond donors (Lipinski definition) is 6. The fraction of sp³-hybridized carbons (Fsp3) is 0.778. The number of aliphatic carboxylic acids is 1. The molecule has 2 aliphatic heterocycles. The van der Waals surface area contributed by atoms with Gasteiger partial charge in [0.1, 0.15) is 12.6 Å². The monoisotopic (exact) mass is 1290 g/mol. The molecule has 7 N–H and O–H groups in total. The van der Waals surface area contributed by atoms with E-state index in [1.165, 1.54) is 9.36 Å². The Hall–Kier alpha value is -6.25. The minimum atomic E-state index is -0.960. The fourth-order valence-electron chi connectivity index (χ4n) is 10.8. The van der Waals surface area contributed by atoms with E-state index in [0.717, 1.165) is 158 Å². The van der Waals surface area contributed by atoms with Gasteiger partial charge in [-0.2, -0.15) is 26.7 Å². The summed E-state index contributed by atoms with van der Waals surface area (Å²) in [7, 11) is 0. The summed E-state index contributed by atoms with van der Waals surface area (Å²) < 4.78 is 19.5. The Balaban J connectivity index is 0.951. The molecule has 3 aromatic rings. The van der Waals surface area contributed by atoms with Crippen molar-refractivity contribution in [3.05, 3.63) is 23.8 Å². The van der Waals surface area contributed by atoms with E-state index in [4.69, 9.17) is 41.3 Å². The number of carboxylic acids is 1. The second-order valence-corrected chi connectivity index (χ2v) is 24.3. The Kier molecular flexibility index (Phi) is 38.8. The maximum atomic E-state index is 13.4. The highest BCUT2D eigenvalue weighted by molar-refractivity contribution is 7.98. The summed E-state index contributed by atoms with van der Waals surface area (Å²) >= 11 is 1.78. The lowest BCUT2D eigenvalue weighted by atomic mass is 10.1. The van der Waals surface area contributed by atoms with Gasteiger partial charge in [0.25, 0.3) is 0 Å². The zero-order chi connectivity index (χ0) is 64.9. The lowest BCUT2D eigenvalue weighted by Crippen LogP contribution is -2.50. The number of carbonyl (C=O) groups excluding carboxylic acids is 4. The summed E-state index contributed by atoms with van der Waals surface area (Å²) in [5.74, 6) is 3.87. The third kappa shape index (κ3) is 30.8. The van der Waals surface area contributed by atoms with Crippen LogP contribution in [0, 0.1) is 12.3 Å². The highest BCUT2D eigenvalue weighted by atomic mass is 32.2. The number of nitrogens with zero attached hydrogens (tertiary/aromatic N) is 13. The summed E-state index contributed by atoms with van der Waals surface area (Å²) in [5.41, 5.74) is 7.20. The lowest BCUT2D eigenvalue weighted by Gasteiger charge is -2.36. The van der Waals surface area contributed by atoms with Crippen LogP contribution in [0.3, 0.4) is 0 Å². The van der Waals surface area contributed by atoms with Crippen molar-refractivity contribution < 1.29 is 48.4 Å². The quantitative estimate of drug-likeness (QED) is 0.0320. The van der Waals surface area contributed by atoms with Crippen molar-refractivity contribution in [3.63, 3.8) is 0 Å². The van der Waals surface area contributed by atoms with Crippen molar-refractivity contribution in [1.82, 2.24) is 65.4 Å². The third-order valence-corrected chi connectivity index (χ3v) is 16.9. The highest BCUT2D eigenvalue weighted by Gasteiger charge is 2.28. The third-order valence-electron chi connectivity index (χ3n) is 16.2. The molecule has 91 heavy (non-hydrogen) atoms. The number of hydrogen-bond acceptors (Lipinski definition) is 21. The van der Waals surface area contributed by atoms with E-state index >= 15 is 0 Å². The molecule has 0 spiro atoms. The van der Waals surface area contributed by atoms with Crippen molar-refractivity contribution in [2.75, 3.05) is 152 Å². The predicted octanol–water partition coefficient (Wildman–Crippen LogP) is 5.01. The fourth-order valence-corrected chi connectivity index (χ4v) is 11.3. The number of carbonyl (C=O) groups is 5. The summed E-state index contributed by atoms with van der Waals surface area (Å²) in [6.45, 7) is 8.85. The second-order valence-electron chi connectivity index (χ2n) is 23.4. The zero-order valence-electron chi connectivity index (χ0n) is 54.4. The van der Waals surface area contributed by atoms with Gasteiger partial charge in [0.2, 0.25) is 41.5 Å². The number of piperazine rings is 2. The van der Waals surface area contributed by atoms with Crippen LogP contribution in [-0.2, 0) is 51.0 Å². The number of nitrogens with one attached hydrogen (secondary N) is 3. The maximum absolute atomic E-state index is 13.4. The molecule has 0 aliphatic carbocycles. The molecule has 27 nitrogen and oxygen atoms in total. The first kappa shape index (κ1) is 75.5. The van der Waals surface area contributed by atoms with Gasteiger partial charge in [-0.05, 0) is 82.8 Å². The Morgan fingerprint density at radius 3 is 1.54 bits per heavy atom. The van der Waals surface area contributed by atoms with Crippen LogP contribution in [0.1, 0.15) is 178 Å². The molecule has 510 valence electrons. The first-order valence-corrected chi connectivity index (χ1v) is 35.0. The molecule has 5 heterocycles. The molecule has 0 bridgehead atoms. The van der Waals surface area contributed by atoms with Crippen molar-refractivity contribution in [1.29, 1.82) is 0 Å². The molecule has 2 aliphatic rings. The van der Waals surface area contributed by atoms with Crippen LogP contribution in [-0.4, -0.2) is 231 Å². The minimum absolute atomic E-state index is 0.139. The second kappa shape index (κ2) is 46.8. The van der Waals surface area contributed by atoms with E-state index in [1.807, 2.05) is 9.80 Å². The Labute approximate surface area is 543 Å². The van der Waals surface area contributed by atoms with Crippen molar-refractivity contribution >= 4 is 59.2 Å². The summed E-state index contributed by atoms with van der Waals surface area (Å²) in [5, 5.41) is 45.0. The number of ether oxygens (including phenoxy) is 3. The van der Waals surface area contributed by atoms with Gasteiger partial charge in [-0.15, -0.1) is 16.6 Å². The molecule has 0 aromatic carbocycles. The van der Waals surface area contributed by atoms with Crippen molar-refractivity contribution in [3.8, 4) is 12.3 Å². The number of anilines is 3. The van der Waals surface area contributed by atoms with Crippen LogP contribution >= 0.6 is 11.8 Å². The molecule has 0 unspecified atom stereocenters. The van der Waals surface area contributed by atoms with E-state index in [0.29, 0.717) is 142 Å². The molecule has 28 heteroatoms. The molecule has 3 aromatic heterocycles. The molecule has 5 rings (SSSR count). The molecule has 2 atom stereocenters. The maximum Gasteiger partial charge on any atom is 0.303 e. The number of aryl methyl sites for hydroxylation is 2. The van der Waals surface area contributed by atoms with Crippen LogP contribution in [0.5, 0.6) is 0 Å². The van der Waals surface area contributed by atoms with E-state index < -0.39 is 18.1 Å². The molecular weight excluding hydrogens is 1190 g/mol. The number of aromatic nitrogens is 9. The number of carboxylic acid groups (broad SMARTS) is 1. The van der Waals surface area contributed by atoms with Gasteiger partial charge in [-0.3, -0.25) is 24.0 Å². The van der Waals surface area contributed by atoms with E-state index in [-0.39, 0.29) is 49.7 Å². The molecule has 0 saturated carbocycles. The number of amides is 4. The number of aliphatic hydroxyl groups excluding tert-OH is 1.